The van der Waals surface area contributed by atoms with Gasteiger partial charge in [0.15, 0.2) is 15.7 Å². The van der Waals surface area contributed by atoms with Crippen molar-refractivity contribution in [2.45, 2.75) is 44.0 Å². The van der Waals surface area contributed by atoms with Crippen LogP contribution >= 0.6 is 0 Å². The molecule has 0 aliphatic carbocycles. The van der Waals surface area contributed by atoms with E-state index in [2.05, 4.69) is 15.5 Å². The number of nitrogens with one attached hydrogen (secondary N) is 1. The number of sulfone groups is 1. The van der Waals surface area contributed by atoms with Crippen LogP contribution in [0, 0.1) is 0 Å². The first kappa shape index (κ1) is 12.1. The van der Waals surface area contributed by atoms with E-state index in [-0.39, 0.29) is 11.8 Å². The predicted molar refractivity (Wildman–Crippen MR) is 66.8 cm³/mol. The van der Waals surface area contributed by atoms with E-state index < -0.39 is 15.1 Å². The first-order chi connectivity index (χ1) is 8.59. The standard InChI is InChI=1S/C11H18N4O2S/c1-8-10-13-14-11(15(10)6-5-12-8)9-4-2-3-7-18(9,16)17/h8-9,12H,2-7H2,1H3. The second-order valence-corrected chi connectivity index (χ2v) is 7.40. The average Bonchev–Trinajstić information content (AvgIpc) is 2.74. The minimum atomic E-state index is -3.04. The van der Waals surface area contributed by atoms with Crippen LogP contribution in [-0.4, -0.2) is 35.5 Å². The molecule has 0 bridgehead atoms. The van der Waals surface area contributed by atoms with Crippen molar-refractivity contribution < 1.29 is 8.42 Å². The van der Waals surface area contributed by atoms with Crippen molar-refractivity contribution in [2.24, 2.45) is 0 Å². The molecule has 18 heavy (non-hydrogen) atoms. The quantitative estimate of drug-likeness (QED) is 0.808. The maximum Gasteiger partial charge on any atom is 0.160 e. The van der Waals surface area contributed by atoms with E-state index in [0.29, 0.717) is 12.2 Å². The van der Waals surface area contributed by atoms with Crippen molar-refractivity contribution >= 4 is 9.84 Å². The van der Waals surface area contributed by atoms with Gasteiger partial charge in [-0.2, -0.15) is 0 Å². The Labute approximate surface area is 107 Å². The molecule has 0 radical (unpaired) electrons. The highest BCUT2D eigenvalue weighted by Crippen LogP contribution is 2.33. The van der Waals surface area contributed by atoms with E-state index in [1.807, 2.05) is 11.5 Å². The predicted octanol–water partition coefficient (Wildman–Crippen LogP) is 0.582. The number of aromatic nitrogens is 3. The summed E-state index contributed by atoms with van der Waals surface area (Å²) in [6.07, 6.45) is 2.42. The van der Waals surface area contributed by atoms with E-state index in [4.69, 9.17) is 0 Å². The van der Waals surface area contributed by atoms with Gasteiger partial charge < -0.3 is 9.88 Å². The molecule has 6 nitrogen and oxygen atoms in total. The highest BCUT2D eigenvalue weighted by atomic mass is 32.2. The molecular weight excluding hydrogens is 252 g/mol. The van der Waals surface area contributed by atoms with Crippen molar-refractivity contribution in [3.05, 3.63) is 11.6 Å². The molecule has 3 rings (SSSR count). The summed E-state index contributed by atoms with van der Waals surface area (Å²) < 4.78 is 26.3. The van der Waals surface area contributed by atoms with Gasteiger partial charge in [0, 0.05) is 13.1 Å². The Bertz CT molecular complexity index is 551. The minimum absolute atomic E-state index is 0.145. The lowest BCUT2D eigenvalue weighted by atomic mass is 10.1. The van der Waals surface area contributed by atoms with Crippen molar-refractivity contribution in [1.29, 1.82) is 0 Å². The van der Waals surface area contributed by atoms with Gasteiger partial charge in [0.1, 0.15) is 11.1 Å². The third-order valence-corrected chi connectivity index (χ3v) is 6.02. The zero-order chi connectivity index (χ0) is 12.8. The highest BCUT2D eigenvalue weighted by Gasteiger charge is 2.36. The molecule has 1 fully saturated rings. The van der Waals surface area contributed by atoms with Crippen molar-refractivity contribution in [3.8, 4) is 0 Å². The fourth-order valence-electron chi connectivity index (χ4n) is 2.84. The molecule has 1 aromatic heterocycles. The van der Waals surface area contributed by atoms with Gasteiger partial charge in [0.05, 0.1) is 11.8 Å². The second kappa shape index (κ2) is 4.31. The SMILES string of the molecule is CC1NCCn2c1nnc2C1CCCCS1(=O)=O. The largest absolute Gasteiger partial charge is 0.311 e. The molecule has 2 atom stereocenters. The average molecular weight is 270 g/mol. The summed E-state index contributed by atoms with van der Waals surface area (Å²) in [5.74, 6) is 1.79. The van der Waals surface area contributed by atoms with E-state index >= 15 is 0 Å². The van der Waals surface area contributed by atoms with Gasteiger partial charge in [-0.25, -0.2) is 8.42 Å². The van der Waals surface area contributed by atoms with Gasteiger partial charge in [-0.15, -0.1) is 10.2 Å². The Hall–Kier alpha value is -0.950. The van der Waals surface area contributed by atoms with Crippen LogP contribution in [0.15, 0.2) is 0 Å². The summed E-state index contributed by atoms with van der Waals surface area (Å²) >= 11 is 0. The van der Waals surface area contributed by atoms with Crippen LogP contribution in [0.25, 0.3) is 0 Å². The van der Waals surface area contributed by atoms with Gasteiger partial charge in [-0.3, -0.25) is 0 Å². The topological polar surface area (TPSA) is 76.9 Å². The Balaban J connectivity index is 2.02. The summed E-state index contributed by atoms with van der Waals surface area (Å²) in [7, 11) is -3.04. The molecule has 1 N–H and O–H groups in total. The number of hydrogen-bond acceptors (Lipinski definition) is 5. The van der Waals surface area contributed by atoms with Gasteiger partial charge in [0.25, 0.3) is 0 Å². The molecule has 7 heteroatoms. The Kier molecular flexibility index (Phi) is 2.90. The molecule has 2 aliphatic heterocycles. The lowest BCUT2D eigenvalue weighted by Crippen LogP contribution is -2.34. The molecule has 100 valence electrons. The Morgan fingerprint density at radius 2 is 2.06 bits per heavy atom. The fraction of sp³-hybridized carbons (Fsp3) is 0.818. The Morgan fingerprint density at radius 1 is 1.28 bits per heavy atom. The third kappa shape index (κ3) is 1.85. The van der Waals surface area contributed by atoms with Crippen LogP contribution in [0.5, 0.6) is 0 Å². The fourth-order valence-corrected chi connectivity index (χ4v) is 4.76. The monoisotopic (exact) mass is 270 g/mol. The molecule has 1 aromatic rings. The molecule has 0 amide bonds. The highest BCUT2D eigenvalue weighted by molar-refractivity contribution is 7.91. The van der Waals surface area contributed by atoms with E-state index in [1.54, 1.807) is 0 Å². The van der Waals surface area contributed by atoms with Crippen LogP contribution in [0.4, 0.5) is 0 Å². The van der Waals surface area contributed by atoms with Gasteiger partial charge in [-0.05, 0) is 19.8 Å². The van der Waals surface area contributed by atoms with Crippen LogP contribution in [0.2, 0.25) is 0 Å². The van der Waals surface area contributed by atoms with Gasteiger partial charge >= 0.3 is 0 Å². The van der Waals surface area contributed by atoms with E-state index in [9.17, 15) is 8.42 Å². The van der Waals surface area contributed by atoms with Crippen LogP contribution in [0.1, 0.15) is 49.1 Å². The van der Waals surface area contributed by atoms with Crippen molar-refractivity contribution in [1.82, 2.24) is 20.1 Å². The van der Waals surface area contributed by atoms with Crippen molar-refractivity contribution in [3.63, 3.8) is 0 Å². The van der Waals surface area contributed by atoms with Crippen LogP contribution < -0.4 is 5.32 Å². The number of fused-ring (bicyclic) bond motifs is 1. The maximum absolute atomic E-state index is 12.2. The maximum atomic E-state index is 12.2. The summed E-state index contributed by atoms with van der Waals surface area (Å²) in [6.45, 7) is 3.62. The number of hydrogen-bond donors (Lipinski definition) is 1. The first-order valence-corrected chi connectivity index (χ1v) is 8.19. The van der Waals surface area contributed by atoms with Crippen molar-refractivity contribution in [2.75, 3.05) is 12.3 Å². The van der Waals surface area contributed by atoms with E-state index in [0.717, 1.165) is 31.8 Å². The van der Waals surface area contributed by atoms with Crippen LogP contribution in [-0.2, 0) is 16.4 Å². The zero-order valence-electron chi connectivity index (χ0n) is 10.5. The lowest BCUT2D eigenvalue weighted by Gasteiger charge is -2.26. The minimum Gasteiger partial charge on any atom is -0.311 e. The molecular formula is C11H18N4O2S. The first-order valence-electron chi connectivity index (χ1n) is 6.47. The Morgan fingerprint density at radius 3 is 2.83 bits per heavy atom. The molecule has 3 heterocycles. The van der Waals surface area contributed by atoms with E-state index in [1.165, 1.54) is 0 Å². The summed E-state index contributed by atoms with van der Waals surface area (Å²) in [5.41, 5.74) is 0. The molecule has 0 spiro atoms. The zero-order valence-corrected chi connectivity index (χ0v) is 11.3. The number of rotatable bonds is 1. The summed E-state index contributed by atoms with van der Waals surface area (Å²) in [4.78, 5) is 0. The molecule has 0 saturated carbocycles. The smallest absolute Gasteiger partial charge is 0.160 e. The van der Waals surface area contributed by atoms with Gasteiger partial charge in [-0.1, -0.05) is 6.42 Å². The second-order valence-electron chi connectivity index (χ2n) is 5.10. The molecule has 2 unspecified atom stereocenters. The number of nitrogens with zero attached hydrogens (tertiary/aromatic N) is 3. The molecule has 2 aliphatic rings. The van der Waals surface area contributed by atoms with Gasteiger partial charge in [0.2, 0.25) is 0 Å². The summed E-state index contributed by atoms with van der Waals surface area (Å²) in [6, 6.07) is 0.145. The lowest BCUT2D eigenvalue weighted by molar-refractivity contribution is 0.424. The molecule has 0 aromatic carbocycles. The summed E-state index contributed by atoms with van der Waals surface area (Å²) in [5, 5.41) is 11.2. The third-order valence-electron chi connectivity index (χ3n) is 3.85. The molecule has 1 saturated heterocycles. The van der Waals surface area contributed by atoms with Crippen LogP contribution in [0.3, 0.4) is 0 Å². The normalized spacial score (nSPS) is 30.9.